The van der Waals surface area contributed by atoms with Crippen molar-refractivity contribution >= 4 is 17.2 Å². The van der Waals surface area contributed by atoms with E-state index in [4.69, 9.17) is 14.2 Å². The molecule has 0 spiro atoms. The number of hydrogen-bond acceptors (Lipinski definition) is 5. The van der Waals surface area contributed by atoms with E-state index >= 15 is 0 Å². The zero-order valence-electron chi connectivity index (χ0n) is 18.4. The summed E-state index contributed by atoms with van der Waals surface area (Å²) in [6.45, 7) is 2.46. The lowest BCUT2D eigenvalue weighted by atomic mass is 10.1. The number of methoxy groups -OCH3 is 1. The van der Waals surface area contributed by atoms with Crippen LogP contribution in [0.5, 0.6) is 11.5 Å². The first kappa shape index (κ1) is 22.4. The van der Waals surface area contributed by atoms with E-state index in [-0.39, 0.29) is 12.0 Å². The molecule has 1 amide bonds. The van der Waals surface area contributed by atoms with Crippen LogP contribution in [0.25, 0.3) is 0 Å². The van der Waals surface area contributed by atoms with E-state index in [9.17, 15) is 4.79 Å². The molecular formula is C26H29NO4S. The zero-order valence-corrected chi connectivity index (χ0v) is 19.2. The summed E-state index contributed by atoms with van der Waals surface area (Å²) in [5.74, 6) is 1.47. The van der Waals surface area contributed by atoms with Gasteiger partial charge in [0.2, 0.25) is 0 Å². The molecule has 4 rings (SSSR count). The summed E-state index contributed by atoms with van der Waals surface area (Å²) >= 11 is 1.74. The smallest absolute Gasteiger partial charge is 0.254 e. The molecule has 1 saturated heterocycles. The molecule has 5 nitrogen and oxygen atoms in total. The Kier molecular flexibility index (Phi) is 7.80. The molecule has 0 N–H and O–H groups in total. The van der Waals surface area contributed by atoms with E-state index in [1.807, 2.05) is 47.4 Å². The monoisotopic (exact) mass is 451 g/mol. The second-order valence-corrected chi connectivity index (χ2v) is 8.91. The number of thiophene rings is 1. The highest BCUT2D eigenvalue weighted by Gasteiger charge is 2.24. The van der Waals surface area contributed by atoms with Gasteiger partial charge in [-0.05, 0) is 60.2 Å². The van der Waals surface area contributed by atoms with Crippen LogP contribution in [-0.2, 0) is 17.7 Å². The van der Waals surface area contributed by atoms with Crippen LogP contribution in [0.3, 0.4) is 0 Å². The van der Waals surface area contributed by atoms with Crippen molar-refractivity contribution in [3.63, 3.8) is 0 Å². The minimum atomic E-state index is -0.0246. The standard InChI is InChI=1S/C26H29NO4S/c1-29-22-8-3-7-21(17-22)26(28)27(19-24-10-4-13-30-24)18-20-6-2-9-23(16-20)31-14-12-25-11-5-15-32-25/h2-3,5-9,11,15-17,24H,4,10,12-14,18-19H2,1H3/t24-/m1/s1. The topological polar surface area (TPSA) is 48.0 Å². The van der Waals surface area contributed by atoms with Gasteiger partial charge in [0.15, 0.2) is 0 Å². The molecule has 1 fully saturated rings. The second kappa shape index (κ2) is 11.2. The SMILES string of the molecule is COc1cccc(C(=O)N(Cc2cccc(OCCc3cccs3)c2)C[C@H]2CCCO2)c1. The third-order valence-electron chi connectivity index (χ3n) is 5.52. The molecule has 168 valence electrons. The third-order valence-corrected chi connectivity index (χ3v) is 6.46. The van der Waals surface area contributed by atoms with Crippen LogP contribution in [-0.4, -0.2) is 43.8 Å². The Morgan fingerprint density at radius 1 is 1.12 bits per heavy atom. The van der Waals surface area contributed by atoms with Gasteiger partial charge in [-0.3, -0.25) is 4.79 Å². The predicted molar refractivity (Wildman–Crippen MR) is 127 cm³/mol. The summed E-state index contributed by atoms with van der Waals surface area (Å²) < 4.78 is 17.1. The molecule has 0 radical (unpaired) electrons. The molecule has 1 atom stereocenters. The molecule has 1 aliphatic rings. The molecule has 0 unspecified atom stereocenters. The average Bonchev–Trinajstić information content (AvgIpc) is 3.53. The number of benzene rings is 2. The number of rotatable bonds is 10. The summed E-state index contributed by atoms with van der Waals surface area (Å²) in [6, 6.07) is 19.5. The number of amides is 1. The largest absolute Gasteiger partial charge is 0.497 e. The minimum absolute atomic E-state index is 0.0246. The van der Waals surface area contributed by atoms with Gasteiger partial charge in [-0.2, -0.15) is 0 Å². The van der Waals surface area contributed by atoms with E-state index in [0.717, 1.165) is 37.2 Å². The van der Waals surface area contributed by atoms with Crippen molar-refractivity contribution in [1.82, 2.24) is 4.90 Å². The fraction of sp³-hybridized carbons (Fsp3) is 0.346. The average molecular weight is 452 g/mol. The normalized spacial score (nSPS) is 15.5. The molecule has 32 heavy (non-hydrogen) atoms. The lowest BCUT2D eigenvalue weighted by Gasteiger charge is -2.26. The quantitative estimate of drug-likeness (QED) is 0.425. The van der Waals surface area contributed by atoms with Crippen LogP contribution in [0, 0.1) is 0 Å². The molecular weight excluding hydrogens is 422 g/mol. The van der Waals surface area contributed by atoms with Crippen molar-refractivity contribution in [3.05, 3.63) is 82.0 Å². The van der Waals surface area contributed by atoms with Crippen molar-refractivity contribution < 1.29 is 19.0 Å². The van der Waals surface area contributed by atoms with Crippen LogP contribution in [0.2, 0.25) is 0 Å². The Morgan fingerprint density at radius 2 is 2.00 bits per heavy atom. The fourth-order valence-electron chi connectivity index (χ4n) is 3.87. The van der Waals surface area contributed by atoms with Gasteiger partial charge in [0.1, 0.15) is 11.5 Å². The summed E-state index contributed by atoms with van der Waals surface area (Å²) in [4.78, 5) is 16.6. The molecule has 1 aliphatic heterocycles. The highest BCUT2D eigenvalue weighted by molar-refractivity contribution is 7.09. The van der Waals surface area contributed by atoms with E-state index in [1.54, 1.807) is 24.5 Å². The lowest BCUT2D eigenvalue weighted by Crippen LogP contribution is -2.37. The van der Waals surface area contributed by atoms with Gasteiger partial charge in [-0.15, -0.1) is 11.3 Å². The van der Waals surface area contributed by atoms with Gasteiger partial charge < -0.3 is 19.1 Å². The summed E-state index contributed by atoms with van der Waals surface area (Å²) in [5, 5.41) is 2.08. The van der Waals surface area contributed by atoms with Crippen molar-refractivity contribution in [2.75, 3.05) is 26.9 Å². The Bertz CT molecular complexity index is 999. The van der Waals surface area contributed by atoms with E-state index < -0.39 is 0 Å². The molecule has 3 aromatic rings. The summed E-state index contributed by atoms with van der Waals surface area (Å²) in [6.07, 6.45) is 2.99. The zero-order chi connectivity index (χ0) is 22.2. The molecule has 2 heterocycles. The van der Waals surface area contributed by atoms with Gasteiger partial charge in [0.05, 0.1) is 19.8 Å². The number of ether oxygens (including phenoxy) is 3. The first-order chi connectivity index (χ1) is 15.7. The number of carbonyl (C=O) groups excluding carboxylic acids is 1. The highest BCUT2D eigenvalue weighted by atomic mass is 32.1. The highest BCUT2D eigenvalue weighted by Crippen LogP contribution is 2.21. The van der Waals surface area contributed by atoms with Crippen molar-refractivity contribution in [2.24, 2.45) is 0 Å². The first-order valence-electron chi connectivity index (χ1n) is 11.0. The van der Waals surface area contributed by atoms with Crippen molar-refractivity contribution in [3.8, 4) is 11.5 Å². The molecule has 6 heteroatoms. The third kappa shape index (κ3) is 6.11. The Balaban J connectivity index is 1.45. The molecule has 0 aliphatic carbocycles. The molecule has 0 bridgehead atoms. The Hall–Kier alpha value is -2.83. The van der Waals surface area contributed by atoms with Gasteiger partial charge in [-0.25, -0.2) is 0 Å². The Labute approximate surface area is 193 Å². The van der Waals surface area contributed by atoms with Gasteiger partial charge >= 0.3 is 0 Å². The summed E-state index contributed by atoms with van der Waals surface area (Å²) in [7, 11) is 1.61. The number of nitrogens with zero attached hydrogens (tertiary/aromatic N) is 1. The summed E-state index contributed by atoms with van der Waals surface area (Å²) in [5.41, 5.74) is 1.65. The molecule has 2 aromatic carbocycles. The lowest BCUT2D eigenvalue weighted by molar-refractivity contribution is 0.0507. The second-order valence-electron chi connectivity index (χ2n) is 7.88. The van der Waals surface area contributed by atoms with Crippen LogP contribution in [0.4, 0.5) is 0 Å². The molecule has 0 saturated carbocycles. The van der Waals surface area contributed by atoms with E-state index in [1.165, 1.54) is 4.88 Å². The van der Waals surface area contributed by atoms with Gasteiger partial charge in [0, 0.05) is 36.6 Å². The van der Waals surface area contributed by atoms with Crippen molar-refractivity contribution in [2.45, 2.75) is 31.9 Å². The van der Waals surface area contributed by atoms with Crippen molar-refractivity contribution in [1.29, 1.82) is 0 Å². The number of carbonyl (C=O) groups is 1. The van der Waals surface area contributed by atoms with Crippen LogP contribution in [0.1, 0.15) is 33.6 Å². The first-order valence-corrected chi connectivity index (χ1v) is 11.9. The predicted octanol–water partition coefficient (Wildman–Crippen LogP) is 5.20. The fourth-order valence-corrected chi connectivity index (χ4v) is 4.56. The van der Waals surface area contributed by atoms with Gasteiger partial charge in [0.25, 0.3) is 5.91 Å². The van der Waals surface area contributed by atoms with E-state index in [0.29, 0.717) is 31.0 Å². The maximum absolute atomic E-state index is 13.4. The molecule has 1 aromatic heterocycles. The van der Waals surface area contributed by atoms with Crippen LogP contribution < -0.4 is 9.47 Å². The van der Waals surface area contributed by atoms with Gasteiger partial charge in [-0.1, -0.05) is 24.3 Å². The maximum atomic E-state index is 13.4. The van der Waals surface area contributed by atoms with Crippen LogP contribution in [0.15, 0.2) is 66.0 Å². The Morgan fingerprint density at radius 3 is 2.78 bits per heavy atom. The maximum Gasteiger partial charge on any atom is 0.254 e. The minimum Gasteiger partial charge on any atom is -0.497 e. The van der Waals surface area contributed by atoms with E-state index in [2.05, 4.69) is 17.5 Å². The van der Waals surface area contributed by atoms with Crippen LogP contribution >= 0.6 is 11.3 Å². The number of hydrogen-bond donors (Lipinski definition) is 0.